The molecule has 0 heterocycles. The molecule has 4 nitrogen and oxygen atoms in total. The Morgan fingerprint density at radius 1 is 1.22 bits per heavy atom. The highest BCUT2D eigenvalue weighted by Crippen LogP contribution is 2.38. The van der Waals surface area contributed by atoms with Gasteiger partial charge < -0.3 is 19.5 Å². The number of benzene rings is 1. The summed E-state index contributed by atoms with van der Waals surface area (Å²) in [5, 5.41) is 3.71. The van der Waals surface area contributed by atoms with Crippen LogP contribution in [-0.4, -0.2) is 39.5 Å². The summed E-state index contributed by atoms with van der Waals surface area (Å²) < 4.78 is 17.0. The molecule has 27 heavy (non-hydrogen) atoms. The third kappa shape index (κ3) is 6.54. The molecule has 1 aliphatic rings. The lowest BCUT2D eigenvalue weighted by molar-refractivity contribution is 0.0792. The van der Waals surface area contributed by atoms with Gasteiger partial charge in [0.05, 0.1) is 20.3 Å². The summed E-state index contributed by atoms with van der Waals surface area (Å²) in [6, 6.07) is 6.56. The van der Waals surface area contributed by atoms with Gasteiger partial charge in [0.15, 0.2) is 11.5 Å². The molecule has 1 aliphatic carbocycles. The molecule has 1 N–H and O–H groups in total. The molecular weight excluding hydrogens is 338 g/mol. The molecule has 0 bridgehead atoms. The summed E-state index contributed by atoms with van der Waals surface area (Å²) in [5.41, 5.74) is 1.53. The molecule has 0 saturated heterocycles. The molecule has 0 aromatic heterocycles. The van der Waals surface area contributed by atoms with Crippen LogP contribution in [0.5, 0.6) is 11.5 Å². The molecule has 1 fully saturated rings. The Kier molecular flexibility index (Phi) is 8.65. The fourth-order valence-electron chi connectivity index (χ4n) is 4.17. The lowest BCUT2D eigenvalue weighted by Crippen LogP contribution is -2.49. The van der Waals surface area contributed by atoms with Gasteiger partial charge in [0, 0.05) is 12.6 Å². The van der Waals surface area contributed by atoms with E-state index in [1.807, 2.05) is 24.3 Å². The zero-order valence-corrected chi connectivity index (χ0v) is 17.6. The van der Waals surface area contributed by atoms with E-state index in [1.165, 1.54) is 19.3 Å². The monoisotopic (exact) mass is 375 g/mol. The van der Waals surface area contributed by atoms with Gasteiger partial charge in [-0.05, 0) is 48.3 Å². The number of rotatable bonds is 11. The minimum absolute atomic E-state index is 0.370. The maximum absolute atomic E-state index is 5.81. The Morgan fingerprint density at radius 3 is 2.74 bits per heavy atom. The standard InChI is InChI=1S/C23H37NO3/c1-6-8-19-10-11-20(21(17-19)25-5)27-16-15-26-14-13-24-22-18(2)9-7-12-23(22,3)4/h6,10-11,17-18,22,24H,1,7-9,12-16H2,2-5H3. The minimum Gasteiger partial charge on any atom is -0.493 e. The van der Waals surface area contributed by atoms with Gasteiger partial charge in [-0.3, -0.25) is 0 Å². The van der Waals surface area contributed by atoms with Crippen LogP contribution in [0, 0.1) is 11.3 Å². The summed E-state index contributed by atoms with van der Waals surface area (Å²) in [5.74, 6) is 2.24. The van der Waals surface area contributed by atoms with Gasteiger partial charge in [-0.2, -0.15) is 0 Å². The van der Waals surface area contributed by atoms with Crippen LogP contribution in [0.4, 0.5) is 0 Å². The molecule has 0 aliphatic heterocycles. The number of methoxy groups -OCH3 is 1. The quantitative estimate of drug-likeness (QED) is 0.452. The molecule has 2 rings (SSSR count). The Bertz CT molecular complexity index is 585. The van der Waals surface area contributed by atoms with E-state index >= 15 is 0 Å². The smallest absolute Gasteiger partial charge is 0.161 e. The molecule has 1 saturated carbocycles. The fourth-order valence-corrected chi connectivity index (χ4v) is 4.17. The lowest BCUT2D eigenvalue weighted by Gasteiger charge is -2.43. The third-order valence-electron chi connectivity index (χ3n) is 5.60. The van der Waals surface area contributed by atoms with E-state index in [2.05, 4.69) is 32.7 Å². The highest BCUT2D eigenvalue weighted by atomic mass is 16.5. The SMILES string of the molecule is C=CCc1ccc(OCCOCCNC2C(C)CCCC2(C)C)c(OC)c1. The first-order valence-electron chi connectivity index (χ1n) is 10.2. The summed E-state index contributed by atoms with van der Waals surface area (Å²) in [4.78, 5) is 0. The predicted octanol–water partition coefficient (Wildman–Crippen LogP) is 4.62. The average Bonchev–Trinajstić information content (AvgIpc) is 2.63. The first-order valence-corrected chi connectivity index (χ1v) is 10.2. The van der Waals surface area contributed by atoms with Crippen molar-refractivity contribution in [3.8, 4) is 11.5 Å². The lowest BCUT2D eigenvalue weighted by atomic mass is 9.68. The number of ether oxygens (including phenoxy) is 3. The van der Waals surface area contributed by atoms with Crippen LogP contribution < -0.4 is 14.8 Å². The molecule has 0 radical (unpaired) electrons. The second kappa shape index (κ2) is 10.7. The van der Waals surface area contributed by atoms with Crippen LogP contribution in [0.1, 0.15) is 45.6 Å². The highest BCUT2D eigenvalue weighted by Gasteiger charge is 2.36. The topological polar surface area (TPSA) is 39.7 Å². The largest absolute Gasteiger partial charge is 0.493 e. The normalized spacial score (nSPS) is 21.6. The Labute approximate surface area is 165 Å². The maximum Gasteiger partial charge on any atom is 0.161 e. The number of hydrogen-bond acceptors (Lipinski definition) is 4. The molecule has 0 spiro atoms. The zero-order valence-electron chi connectivity index (χ0n) is 17.6. The molecule has 4 heteroatoms. The van der Waals surface area contributed by atoms with Crippen molar-refractivity contribution in [2.24, 2.45) is 11.3 Å². The molecule has 2 atom stereocenters. The van der Waals surface area contributed by atoms with Crippen LogP contribution in [-0.2, 0) is 11.2 Å². The molecular formula is C23H37NO3. The second-order valence-electron chi connectivity index (χ2n) is 8.23. The molecule has 1 aromatic rings. The zero-order chi connectivity index (χ0) is 19.7. The van der Waals surface area contributed by atoms with E-state index in [0.717, 1.165) is 35.9 Å². The van der Waals surface area contributed by atoms with Crippen LogP contribution in [0.2, 0.25) is 0 Å². The first kappa shape index (κ1) is 21.8. The number of hydrogen-bond donors (Lipinski definition) is 1. The number of nitrogens with one attached hydrogen (secondary N) is 1. The van der Waals surface area contributed by atoms with Gasteiger partial charge in [0.25, 0.3) is 0 Å². The van der Waals surface area contributed by atoms with Crippen LogP contribution in [0.25, 0.3) is 0 Å². The third-order valence-corrected chi connectivity index (χ3v) is 5.60. The minimum atomic E-state index is 0.370. The van der Waals surface area contributed by atoms with Crippen molar-refractivity contribution in [2.45, 2.75) is 52.5 Å². The van der Waals surface area contributed by atoms with E-state index in [0.29, 0.717) is 31.3 Å². The van der Waals surface area contributed by atoms with Crippen molar-refractivity contribution in [1.82, 2.24) is 5.32 Å². The molecule has 1 aromatic carbocycles. The van der Waals surface area contributed by atoms with Crippen LogP contribution >= 0.6 is 0 Å². The van der Waals surface area contributed by atoms with E-state index in [4.69, 9.17) is 14.2 Å². The second-order valence-corrected chi connectivity index (χ2v) is 8.23. The van der Waals surface area contributed by atoms with Crippen molar-refractivity contribution in [3.05, 3.63) is 36.4 Å². The molecule has 0 amide bonds. The molecule has 152 valence electrons. The summed E-state index contributed by atoms with van der Waals surface area (Å²) in [7, 11) is 1.66. The van der Waals surface area contributed by atoms with E-state index < -0.39 is 0 Å². The van der Waals surface area contributed by atoms with Crippen molar-refractivity contribution in [1.29, 1.82) is 0 Å². The van der Waals surface area contributed by atoms with Crippen molar-refractivity contribution in [2.75, 3.05) is 33.5 Å². The van der Waals surface area contributed by atoms with Crippen molar-refractivity contribution in [3.63, 3.8) is 0 Å². The van der Waals surface area contributed by atoms with Gasteiger partial charge in [-0.1, -0.05) is 39.3 Å². The van der Waals surface area contributed by atoms with E-state index in [1.54, 1.807) is 7.11 Å². The summed E-state index contributed by atoms with van der Waals surface area (Å²) in [6.45, 7) is 13.6. The maximum atomic E-state index is 5.81. The Hall–Kier alpha value is -1.52. The van der Waals surface area contributed by atoms with E-state index in [9.17, 15) is 0 Å². The fraction of sp³-hybridized carbons (Fsp3) is 0.652. The average molecular weight is 376 g/mol. The van der Waals surface area contributed by atoms with Crippen LogP contribution in [0.3, 0.4) is 0 Å². The summed E-state index contributed by atoms with van der Waals surface area (Å²) in [6.07, 6.45) is 6.67. The van der Waals surface area contributed by atoms with Crippen molar-refractivity contribution < 1.29 is 14.2 Å². The van der Waals surface area contributed by atoms with Gasteiger partial charge in [-0.25, -0.2) is 0 Å². The first-order chi connectivity index (χ1) is 13.0. The van der Waals surface area contributed by atoms with Gasteiger partial charge >= 0.3 is 0 Å². The van der Waals surface area contributed by atoms with Gasteiger partial charge in [0.2, 0.25) is 0 Å². The number of allylic oxidation sites excluding steroid dienone is 1. The van der Waals surface area contributed by atoms with Gasteiger partial charge in [-0.15, -0.1) is 6.58 Å². The Morgan fingerprint density at radius 2 is 2.04 bits per heavy atom. The van der Waals surface area contributed by atoms with E-state index in [-0.39, 0.29) is 0 Å². The highest BCUT2D eigenvalue weighted by molar-refractivity contribution is 5.43. The predicted molar refractivity (Wildman–Crippen MR) is 112 cm³/mol. The summed E-state index contributed by atoms with van der Waals surface area (Å²) >= 11 is 0. The molecule has 2 unspecified atom stereocenters. The van der Waals surface area contributed by atoms with Gasteiger partial charge in [0.1, 0.15) is 6.61 Å². The Balaban J connectivity index is 1.65. The van der Waals surface area contributed by atoms with Crippen molar-refractivity contribution >= 4 is 0 Å². The van der Waals surface area contributed by atoms with Crippen LogP contribution in [0.15, 0.2) is 30.9 Å².